The summed E-state index contributed by atoms with van der Waals surface area (Å²) in [4.78, 5) is 25.9. The largest absolute Gasteiger partial charge is 0.479 e. The molecule has 0 bridgehead atoms. The maximum absolute atomic E-state index is 12.7. The van der Waals surface area contributed by atoms with Crippen LogP contribution in [0.2, 0.25) is 0 Å². The van der Waals surface area contributed by atoms with Crippen LogP contribution in [0.3, 0.4) is 0 Å². The van der Waals surface area contributed by atoms with Crippen LogP contribution in [0.4, 0.5) is 0 Å². The van der Waals surface area contributed by atoms with Gasteiger partial charge >= 0.3 is 5.97 Å². The van der Waals surface area contributed by atoms with E-state index in [1.807, 2.05) is 12.1 Å². The van der Waals surface area contributed by atoms with Crippen LogP contribution >= 0.6 is 0 Å². The molecule has 0 spiro atoms. The second-order valence-corrected chi connectivity index (χ2v) is 6.33. The summed E-state index contributed by atoms with van der Waals surface area (Å²) in [6.45, 7) is 3.17. The van der Waals surface area contributed by atoms with Crippen LogP contribution in [0, 0.1) is 0 Å². The molecule has 1 aromatic rings. The van der Waals surface area contributed by atoms with Gasteiger partial charge in [0.2, 0.25) is 0 Å². The van der Waals surface area contributed by atoms with E-state index in [2.05, 4.69) is 0 Å². The summed E-state index contributed by atoms with van der Waals surface area (Å²) in [6.07, 6.45) is 1.97. The molecule has 2 heterocycles. The van der Waals surface area contributed by atoms with Gasteiger partial charge in [-0.2, -0.15) is 0 Å². The number of hydrogen-bond acceptors (Lipinski definition) is 4. The van der Waals surface area contributed by atoms with E-state index in [0.29, 0.717) is 25.1 Å². The van der Waals surface area contributed by atoms with Crippen molar-refractivity contribution in [2.45, 2.75) is 44.4 Å². The summed E-state index contributed by atoms with van der Waals surface area (Å²) >= 11 is 0. The number of carbonyl (C=O) groups excluding carboxylic acids is 1. The Kier molecular flexibility index (Phi) is 5.16. The summed E-state index contributed by atoms with van der Waals surface area (Å²) in [5.41, 5.74) is 1.68. The fourth-order valence-corrected chi connectivity index (χ4v) is 3.40. The zero-order valence-electron chi connectivity index (χ0n) is 13.8. The monoisotopic (exact) mass is 333 g/mol. The van der Waals surface area contributed by atoms with Gasteiger partial charge in [0.25, 0.3) is 5.91 Å². The van der Waals surface area contributed by atoms with Gasteiger partial charge in [0.15, 0.2) is 6.04 Å². The average molecular weight is 333 g/mol. The molecule has 6 heteroatoms. The van der Waals surface area contributed by atoms with E-state index in [1.165, 1.54) is 4.90 Å². The van der Waals surface area contributed by atoms with Crippen LogP contribution in [-0.2, 0) is 25.5 Å². The second-order valence-electron chi connectivity index (χ2n) is 6.33. The van der Waals surface area contributed by atoms with Gasteiger partial charge in [0, 0.05) is 13.2 Å². The van der Waals surface area contributed by atoms with Crippen LogP contribution < -0.4 is 0 Å². The highest BCUT2D eigenvalue weighted by Crippen LogP contribution is 2.30. The fraction of sp³-hybridized carbons (Fsp3) is 0.556. The minimum atomic E-state index is -1.01. The Balaban J connectivity index is 1.70. The quantitative estimate of drug-likeness (QED) is 0.889. The molecule has 1 amide bonds. The molecule has 0 aromatic heterocycles. The number of benzene rings is 1. The molecule has 0 radical (unpaired) electrons. The Bertz CT molecular complexity index is 611. The predicted octanol–water partition coefficient (Wildman–Crippen LogP) is 1.78. The van der Waals surface area contributed by atoms with E-state index in [1.54, 1.807) is 19.1 Å². The maximum Gasteiger partial charge on any atom is 0.331 e. The van der Waals surface area contributed by atoms with Gasteiger partial charge in [-0.05, 0) is 37.3 Å². The molecule has 1 aromatic carbocycles. The molecule has 1 N–H and O–H groups in total. The summed E-state index contributed by atoms with van der Waals surface area (Å²) in [7, 11) is 0. The van der Waals surface area contributed by atoms with Crippen molar-refractivity contribution in [2.24, 2.45) is 0 Å². The highest BCUT2D eigenvalue weighted by atomic mass is 16.5. The number of nitrogens with zero attached hydrogens (tertiary/aromatic N) is 1. The van der Waals surface area contributed by atoms with Crippen molar-refractivity contribution in [3.63, 3.8) is 0 Å². The number of rotatable bonds is 5. The van der Waals surface area contributed by atoms with Gasteiger partial charge in [-0.1, -0.05) is 24.3 Å². The van der Waals surface area contributed by atoms with Crippen molar-refractivity contribution >= 4 is 11.9 Å². The van der Waals surface area contributed by atoms with Gasteiger partial charge in [-0.3, -0.25) is 4.79 Å². The number of ether oxygens (including phenoxy) is 2. The fourth-order valence-electron chi connectivity index (χ4n) is 3.40. The lowest BCUT2D eigenvalue weighted by molar-refractivity contribution is -0.157. The Labute approximate surface area is 141 Å². The normalized spacial score (nSPS) is 24.5. The highest BCUT2D eigenvalue weighted by molar-refractivity contribution is 5.87. The first-order chi connectivity index (χ1) is 11.6. The molecule has 2 aliphatic heterocycles. The Morgan fingerprint density at radius 2 is 2.21 bits per heavy atom. The average Bonchev–Trinajstić information content (AvgIpc) is 3.11. The molecule has 3 rings (SSSR count). The lowest BCUT2D eigenvalue weighted by atomic mass is 9.92. The van der Waals surface area contributed by atoms with Crippen LogP contribution in [0.15, 0.2) is 24.3 Å². The third-order valence-electron chi connectivity index (χ3n) is 4.70. The van der Waals surface area contributed by atoms with Gasteiger partial charge in [-0.25, -0.2) is 4.79 Å². The zero-order chi connectivity index (χ0) is 17.1. The van der Waals surface area contributed by atoms with Gasteiger partial charge in [0.05, 0.1) is 12.7 Å². The maximum atomic E-state index is 12.7. The third kappa shape index (κ3) is 3.44. The second kappa shape index (κ2) is 7.32. The van der Waals surface area contributed by atoms with Crippen molar-refractivity contribution in [3.05, 3.63) is 35.4 Å². The van der Waals surface area contributed by atoms with E-state index in [0.717, 1.165) is 25.0 Å². The van der Waals surface area contributed by atoms with Crippen LogP contribution in [-0.4, -0.2) is 53.8 Å². The summed E-state index contributed by atoms with van der Waals surface area (Å²) < 4.78 is 11.1. The smallest absolute Gasteiger partial charge is 0.331 e. The Morgan fingerprint density at radius 1 is 1.42 bits per heavy atom. The van der Waals surface area contributed by atoms with E-state index >= 15 is 0 Å². The molecule has 3 atom stereocenters. The van der Waals surface area contributed by atoms with Crippen LogP contribution in [0.5, 0.6) is 0 Å². The number of fused-ring (bicyclic) bond motifs is 1. The molecular formula is C18H23NO5. The summed E-state index contributed by atoms with van der Waals surface area (Å²) in [6, 6.07) is 6.45. The van der Waals surface area contributed by atoms with Gasteiger partial charge < -0.3 is 19.5 Å². The third-order valence-corrected chi connectivity index (χ3v) is 4.70. The Hall–Kier alpha value is -1.92. The number of hydrogen-bond donors (Lipinski definition) is 1. The molecule has 2 aliphatic rings. The molecule has 130 valence electrons. The van der Waals surface area contributed by atoms with Crippen molar-refractivity contribution in [3.8, 4) is 0 Å². The summed E-state index contributed by atoms with van der Waals surface area (Å²) in [5, 5.41) is 9.63. The highest BCUT2D eigenvalue weighted by Gasteiger charge is 2.37. The molecule has 0 aliphatic carbocycles. The molecule has 6 nitrogen and oxygen atoms in total. The minimum absolute atomic E-state index is 0.0394. The number of carboxylic acid groups (broad SMARTS) is 1. The SMILES string of the molecule is C[C@H](OC[C@H]1CCCO1)C(=O)N1CCc2ccccc2[C@@H]1C(=O)O. The van der Waals surface area contributed by atoms with Crippen LogP contribution in [0.1, 0.15) is 36.9 Å². The minimum Gasteiger partial charge on any atom is -0.479 e. The van der Waals surface area contributed by atoms with Crippen molar-refractivity contribution in [2.75, 3.05) is 19.8 Å². The number of carbonyl (C=O) groups is 2. The predicted molar refractivity (Wildman–Crippen MR) is 86.6 cm³/mol. The van der Waals surface area contributed by atoms with Gasteiger partial charge in [0.1, 0.15) is 6.10 Å². The van der Waals surface area contributed by atoms with Crippen LogP contribution in [0.25, 0.3) is 0 Å². The zero-order valence-corrected chi connectivity index (χ0v) is 13.8. The topological polar surface area (TPSA) is 76.1 Å². The molecule has 24 heavy (non-hydrogen) atoms. The lowest BCUT2D eigenvalue weighted by Crippen LogP contribution is -2.48. The Morgan fingerprint density at radius 3 is 2.92 bits per heavy atom. The first-order valence-corrected chi connectivity index (χ1v) is 8.42. The standard InChI is InChI=1S/C18H23NO5/c1-12(24-11-14-6-4-10-23-14)17(20)19-9-8-13-5-2-3-7-15(13)16(19)18(21)22/h2-3,5,7,12,14,16H,4,6,8-11H2,1H3,(H,21,22)/t12-,14+,16+/m0/s1. The van der Waals surface area contributed by atoms with Crippen molar-refractivity contribution in [1.82, 2.24) is 4.90 Å². The summed E-state index contributed by atoms with van der Waals surface area (Å²) in [5.74, 6) is -1.29. The number of aliphatic carboxylic acids is 1. The van der Waals surface area contributed by atoms with Gasteiger partial charge in [-0.15, -0.1) is 0 Å². The number of carboxylic acids is 1. The van der Waals surface area contributed by atoms with E-state index in [-0.39, 0.29) is 12.0 Å². The van der Waals surface area contributed by atoms with E-state index < -0.39 is 18.1 Å². The van der Waals surface area contributed by atoms with Crippen molar-refractivity contribution in [1.29, 1.82) is 0 Å². The lowest BCUT2D eigenvalue weighted by Gasteiger charge is -2.36. The molecule has 0 saturated carbocycles. The molecule has 1 saturated heterocycles. The number of amides is 1. The first-order valence-electron chi connectivity index (χ1n) is 8.42. The molecular weight excluding hydrogens is 310 g/mol. The van der Waals surface area contributed by atoms with Crippen molar-refractivity contribution < 1.29 is 24.2 Å². The van der Waals surface area contributed by atoms with E-state index in [4.69, 9.17) is 9.47 Å². The first kappa shape index (κ1) is 16.9. The molecule has 1 fully saturated rings. The van der Waals surface area contributed by atoms with E-state index in [9.17, 15) is 14.7 Å². The molecule has 0 unspecified atom stereocenters.